The Balaban J connectivity index is 2.75. The molecule has 1 rings (SSSR count). The van der Waals surface area contributed by atoms with Gasteiger partial charge in [-0.25, -0.2) is 0 Å². The van der Waals surface area contributed by atoms with Gasteiger partial charge < -0.3 is 11.1 Å². The number of nitrogens with one attached hydrogen (secondary N) is 1. The molecule has 0 radical (unpaired) electrons. The van der Waals surface area contributed by atoms with Crippen molar-refractivity contribution in [1.29, 1.82) is 0 Å². The van der Waals surface area contributed by atoms with Crippen molar-refractivity contribution in [1.82, 2.24) is 5.32 Å². The van der Waals surface area contributed by atoms with Crippen molar-refractivity contribution in [3.05, 3.63) is 34.3 Å². The summed E-state index contributed by atoms with van der Waals surface area (Å²) >= 11 is 3.48. The van der Waals surface area contributed by atoms with E-state index in [9.17, 15) is 4.79 Å². The van der Waals surface area contributed by atoms with E-state index >= 15 is 0 Å². The van der Waals surface area contributed by atoms with E-state index in [0.29, 0.717) is 0 Å². The number of nitrogens with two attached hydrogens (primary N) is 1. The first-order chi connectivity index (χ1) is 8.23. The second-order valence-corrected chi connectivity index (χ2v) is 6.45. The average Bonchev–Trinajstić information content (AvgIpc) is 2.27. The van der Waals surface area contributed by atoms with Crippen molar-refractivity contribution >= 4 is 21.8 Å². The molecule has 0 aliphatic rings. The zero-order chi connectivity index (χ0) is 13.9. The number of amides is 1. The highest BCUT2D eigenvalue weighted by molar-refractivity contribution is 9.10. The number of rotatable bonds is 3. The SMILES string of the molecule is C[C@H](NC(=O)C(N)C(C)(C)C)c1ccccc1Br. The molecule has 1 aromatic rings. The lowest BCUT2D eigenvalue weighted by Crippen LogP contribution is -2.49. The normalized spacial score (nSPS) is 15.0. The van der Waals surface area contributed by atoms with E-state index < -0.39 is 6.04 Å². The number of carbonyl (C=O) groups is 1. The Morgan fingerprint density at radius 1 is 1.33 bits per heavy atom. The maximum atomic E-state index is 12.0. The topological polar surface area (TPSA) is 55.1 Å². The Bertz CT molecular complexity index is 426. The van der Waals surface area contributed by atoms with Gasteiger partial charge in [0.05, 0.1) is 12.1 Å². The number of hydrogen-bond acceptors (Lipinski definition) is 2. The summed E-state index contributed by atoms with van der Waals surface area (Å²) in [5.74, 6) is -0.120. The van der Waals surface area contributed by atoms with Crippen molar-refractivity contribution in [2.24, 2.45) is 11.1 Å². The van der Waals surface area contributed by atoms with E-state index in [4.69, 9.17) is 5.73 Å². The molecule has 0 aliphatic carbocycles. The molecule has 1 aromatic carbocycles. The van der Waals surface area contributed by atoms with Crippen LogP contribution in [0.1, 0.15) is 39.3 Å². The van der Waals surface area contributed by atoms with Crippen LogP contribution in [-0.2, 0) is 4.79 Å². The van der Waals surface area contributed by atoms with Crippen LogP contribution in [0.5, 0.6) is 0 Å². The van der Waals surface area contributed by atoms with Gasteiger partial charge in [-0.3, -0.25) is 4.79 Å². The van der Waals surface area contributed by atoms with Gasteiger partial charge in [-0.15, -0.1) is 0 Å². The molecular formula is C14H21BrN2O. The van der Waals surface area contributed by atoms with Gasteiger partial charge in [0.15, 0.2) is 0 Å². The molecule has 18 heavy (non-hydrogen) atoms. The zero-order valence-corrected chi connectivity index (χ0v) is 12.9. The van der Waals surface area contributed by atoms with Crippen LogP contribution in [0.15, 0.2) is 28.7 Å². The predicted octanol–water partition coefficient (Wildman–Crippen LogP) is 3.00. The van der Waals surface area contributed by atoms with Crippen LogP contribution < -0.4 is 11.1 Å². The molecular weight excluding hydrogens is 292 g/mol. The minimum absolute atomic E-state index is 0.0681. The highest BCUT2D eigenvalue weighted by Crippen LogP contribution is 2.24. The van der Waals surface area contributed by atoms with E-state index in [1.165, 1.54) is 0 Å². The van der Waals surface area contributed by atoms with Crippen LogP contribution in [0, 0.1) is 5.41 Å². The molecule has 0 aromatic heterocycles. The third-order valence-electron chi connectivity index (χ3n) is 2.95. The maximum Gasteiger partial charge on any atom is 0.237 e. The van der Waals surface area contributed by atoms with E-state index in [-0.39, 0.29) is 17.4 Å². The molecule has 1 amide bonds. The predicted molar refractivity (Wildman–Crippen MR) is 78.1 cm³/mol. The molecule has 2 atom stereocenters. The molecule has 4 heteroatoms. The Hall–Kier alpha value is -0.870. The summed E-state index contributed by atoms with van der Waals surface area (Å²) in [7, 11) is 0. The minimum atomic E-state index is -0.512. The van der Waals surface area contributed by atoms with Crippen LogP contribution in [0.2, 0.25) is 0 Å². The molecule has 0 saturated carbocycles. The van der Waals surface area contributed by atoms with Crippen molar-refractivity contribution < 1.29 is 4.79 Å². The lowest BCUT2D eigenvalue weighted by Gasteiger charge is -2.27. The average molecular weight is 313 g/mol. The molecule has 3 N–H and O–H groups in total. The lowest BCUT2D eigenvalue weighted by atomic mass is 9.86. The van der Waals surface area contributed by atoms with Crippen molar-refractivity contribution in [2.45, 2.75) is 39.8 Å². The van der Waals surface area contributed by atoms with E-state index in [1.54, 1.807) is 0 Å². The first-order valence-corrected chi connectivity index (χ1v) is 6.83. The first-order valence-electron chi connectivity index (χ1n) is 6.04. The van der Waals surface area contributed by atoms with Crippen LogP contribution in [0.4, 0.5) is 0 Å². The third kappa shape index (κ3) is 3.82. The Morgan fingerprint density at radius 2 is 1.89 bits per heavy atom. The fourth-order valence-electron chi connectivity index (χ4n) is 1.60. The summed E-state index contributed by atoms with van der Waals surface area (Å²) in [5, 5.41) is 2.95. The molecule has 100 valence electrons. The summed E-state index contributed by atoms with van der Waals surface area (Å²) in [6.07, 6.45) is 0. The van der Waals surface area contributed by atoms with Gasteiger partial charge in [0.2, 0.25) is 5.91 Å². The molecule has 3 nitrogen and oxygen atoms in total. The van der Waals surface area contributed by atoms with E-state index in [0.717, 1.165) is 10.0 Å². The van der Waals surface area contributed by atoms with Crippen LogP contribution in [-0.4, -0.2) is 11.9 Å². The Kier molecular flexibility index (Phi) is 4.93. The Labute approximate surface area is 117 Å². The summed E-state index contributed by atoms with van der Waals surface area (Å²) in [4.78, 5) is 12.0. The molecule has 0 aliphatic heterocycles. The van der Waals surface area contributed by atoms with Crippen LogP contribution >= 0.6 is 15.9 Å². The van der Waals surface area contributed by atoms with Gasteiger partial charge in [-0.2, -0.15) is 0 Å². The number of halogens is 1. The summed E-state index contributed by atoms with van der Waals surface area (Å²) in [5.41, 5.74) is 6.74. The maximum absolute atomic E-state index is 12.0. The van der Waals surface area contributed by atoms with Gasteiger partial charge in [0.25, 0.3) is 0 Å². The quantitative estimate of drug-likeness (QED) is 0.901. The van der Waals surface area contributed by atoms with Gasteiger partial charge in [-0.05, 0) is 24.0 Å². The van der Waals surface area contributed by atoms with E-state index in [2.05, 4.69) is 21.2 Å². The standard InChI is InChI=1S/C14H21BrN2O/c1-9(10-7-5-6-8-11(10)15)17-13(18)12(16)14(2,3)4/h5-9,12H,16H2,1-4H3,(H,17,18)/t9-,12?/m0/s1. The summed E-state index contributed by atoms with van der Waals surface area (Å²) < 4.78 is 0.988. The Morgan fingerprint density at radius 3 is 2.39 bits per heavy atom. The second kappa shape index (κ2) is 5.85. The lowest BCUT2D eigenvalue weighted by molar-refractivity contribution is -0.125. The fraction of sp³-hybridized carbons (Fsp3) is 0.500. The molecule has 0 bridgehead atoms. The van der Waals surface area contributed by atoms with Gasteiger partial charge in [-0.1, -0.05) is 54.9 Å². The summed E-state index contributed by atoms with van der Waals surface area (Å²) in [6, 6.07) is 7.26. The second-order valence-electron chi connectivity index (χ2n) is 5.60. The number of carbonyl (C=O) groups excluding carboxylic acids is 1. The van der Waals surface area contributed by atoms with Crippen LogP contribution in [0.25, 0.3) is 0 Å². The highest BCUT2D eigenvalue weighted by atomic mass is 79.9. The molecule has 0 fully saturated rings. The van der Waals surface area contributed by atoms with Crippen molar-refractivity contribution in [2.75, 3.05) is 0 Å². The van der Waals surface area contributed by atoms with Crippen molar-refractivity contribution in [3.8, 4) is 0 Å². The smallest absolute Gasteiger partial charge is 0.237 e. The molecule has 0 heterocycles. The molecule has 0 spiro atoms. The highest BCUT2D eigenvalue weighted by Gasteiger charge is 2.28. The molecule has 1 unspecified atom stereocenters. The largest absolute Gasteiger partial charge is 0.348 e. The van der Waals surface area contributed by atoms with Crippen LogP contribution in [0.3, 0.4) is 0 Å². The van der Waals surface area contributed by atoms with Gasteiger partial charge in [0.1, 0.15) is 0 Å². The third-order valence-corrected chi connectivity index (χ3v) is 3.67. The fourth-order valence-corrected chi connectivity index (χ4v) is 2.23. The first kappa shape index (κ1) is 15.2. The van der Waals surface area contributed by atoms with Gasteiger partial charge >= 0.3 is 0 Å². The van der Waals surface area contributed by atoms with Gasteiger partial charge in [0, 0.05) is 4.47 Å². The summed E-state index contributed by atoms with van der Waals surface area (Å²) in [6.45, 7) is 7.83. The minimum Gasteiger partial charge on any atom is -0.348 e. The monoisotopic (exact) mass is 312 g/mol. The number of benzene rings is 1. The zero-order valence-electron chi connectivity index (χ0n) is 11.3. The van der Waals surface area contributed by atoms with Crippen molar-refractivity contribution in [3.63, 3.8) is 0 Å². The molecule has 0 saturated heterocycles. The number of hydrogen-bond donors (Lipinski definition) is 2. The van der Waals surface area contributed by atoms with E-state index in [1.807, 2.05) is 52.0 Å².